The fraction of sp³-hybridized carbons (Fsp3) is 0.348. The van der Waals surface area contributed by atoms with E-state index in [-0.39, 0.29) is 17.9 Å². The topological polar surface area (TPSA) is 69.5 Å². The summed E-state index contributed by atoms with van der Waals surface area (Å²) < 4.78 is 33.1. The molecule has 0 spiro atoms. The number of methoxy groups -OCH3 is 1. The Balaban J connectivity index is 2.37. The molecule has 0 unspecified atom stereocenters. The van der Waals surface area contributed by atoms with Gasteiger partial charge in [-0.05, 0) is 31.9 Å². The SMILES string of the molecule is CO/N=C(/C(=O)OC)c1cccc(C)c1CO/N=C(\C)c1cccc(C)c1C(C)(F)F. The molecular formula is C23H26F2N2O4. The highest BCUT2D eigenvalue weighted by atomic mass is 19.3. The van der Waals surface area contributed by atoms with Gasteiger partial charge in [0.2, 0.25) is 0 Å². The molecule has 0 atom stereocenters. The number of alkyl halides is 2. The Morgan fingerprint density at radius 3 is 2.19 bits per heavy atom. The van der Waals surface area contributed by atoms with E-state index in [1.54, 1.807) is 44.2 Å². The minimum absolute atomic E-state index is 0.0112. The second-order valence-electron chi connectivity index (χ2n) is 7.05. The third-order valence-corrected chi connectivity index (χ3v) is 4.74. The van der Waals surface area contributed by atoms with Crippen molar-refractivity contribution in [2.24, 2.45) is 10.3 Å². The molecule has 2 rings (SSSR count). The summed E-state index contributed by atoms with van der Waals surface area (Å²) in [7, 11) is 2.57. The number of benzene rings is 2. The molecule has 0 aliphatic carbocycles. The van der Waals surface area contributed by atoms with Crippen LogP contribution in [0.5, 0.6) is 0 Å². The summed E-state index contributed by atoms with van der Waals surface area (Å²) in [6, 6.07) is 10.2. The number of hydrogen-bond acceptors (Lipinski definition) is 6. The molecule has 0 bridgehead atoms. The summed E-state index contributed by atoms with van der Waals surface area (Å²) in [6.07, 6.45) is 0. The predicted octanol–water partition coefficient (Wildman–Crippen LogP) is 4.88. The molecular weight excluding hydrogens is 406 g/mol. The molecule has 0 radical (unpaired) electrons. The van der Waals surface area contributed by atoms with Gasteiger partial charge in [0.25, 0.3) is 5.92 Å². The Bertz CT molecular complexity index is 1010. The van der Waals surface area contributed by atoms with Crippen LogP contribution in [0.3, 0.4) is 0 Å². The van der Waals surface area contributed by atoms with E-state index in [0.717, 1.165) is 12.5 Å². The zero-order valence-corrected chi connectivity index (χ0v) is 18.5. The average molecular weight is 432 g/mol. The van der Waals surface area contributed by atoms with Gasteiger partial charge in [0.05, 0.1) is 12.8 Å². The number of carbonyl (C=O) groups excluding carboxylic acids is 1. The van der Waals surface area contributed by atoms with Crippen LogP contribution in [-0.2, 0) is 31.7 Å². The number of ether oxygens (including phenoxy) is 1. The zero-order chi connectivity index (χ0) is 23.2. The van der Waals surface area contributed by atoms with Crippen molar-refractivity contribution in [2.45, 2.75) is 40.2 Å². The zero-order valence-electron chi connectivity index (χ0n) is 18.5. The summed E-state index contributed by atoms with van der Waals surface area (Å²) in [5.74, 6) is -3.69. The molecule has 0 aliphatic heterocycles. The molecule has 2 aromatic rings. The number of oxime groups is 2. The van der Waals surface area contributed by atoms with Crippen LogP contribution in [-0.4, -0.2) is 31.6 Å². The fourth-order valence-corrected chi connectivity index (χ4v) is 3.29. The lowest BCUT2D eigenvalue weighted by atomic mass is 9.95. The van der Waals surface area contributed by atoms with Crippen LogP contribution in [0.2, 0.25) is 0 Å². The van der Waals surface area contributed by atoms with Gasteiger partial charge in [-0.1, -0.05) is 46.7 Å². The third-order valence-electron chi connectivity index (χ3n) is 4.74. The van der Waals surface area contributed by atoms with Gasteiger partial charge in [0.15, 0.2) is 5.71 Å². The van der Waals surface area contributed by atoms with Crippen molar-refractivity contribution in [2.75, 3.05) is 14.2 Å². The first-order valence-electron chi connectivity index (χ1n) is 9.55. The van der Waals surface area contributed by atoms with Gasteiger partial charge in [-0.25, -0.2) is 13.6 Å². The monoisotopic (exact) mass is 432 g/mol. The van der Waals surface area contributed by atoms with Crippen LogP contribution in [0.15, 0.2) is 46.7 Å². The summed E-state index contributed by atoms with van der Waals surface area (Å²) in [6.45, 7) is 5.93. The Kier molecular flexibility index (Phi) is 7.85. The van der Waals surface area contributed by atoms with Crippen LogP contribution in [0.1, 0.15) is 47.2 Å². The van der Waals surface area contributed by atoms with Crippen LogP contribution >= 0.6 is 0 Å². The summed E-state index contributed by atoms with van der Waals surface area (Å²) in [5, 5.41) is 7.83. The van der Waals surface area contributed by atoms with E-state index in [4.69, 9.17) is 14.4 Å². The Hall–Kier alpha value is -3.29. The van der Waals surface area contributed by atoms with E-state index in [1.807, 2.05) is 13.0 Å². The molecule has 0 saturated carbocycles. The molecule has 0 N–H and O–H groups in total. The lowest BCUT2D eigenvalue weighted by Gasteiger charge is -2.18. The molecule has 0 heterocycles. The fourth-order valence-electron chi connectivity index (χ4n) is 3.29. The molecule has 0 amide bonds. The van der Waals surface area contributed by atoms with Crippen molar-refractivity contribution in [3.8, 4) is 0 Å². The molecule has 166 valence electrons. The van der Waals surface area contributed by atoms with Gasteiger partial charge in [0.1, 0.15) is 13.7 Å². The van der Waals surface area contributed by atoms with Gasteiger partial charge >= 0.3 is 5.97 Å². The number of carbonyl (C=O) groups is 1. The van der Waals surface area contributed by atoms with E-state index >= 15 is 0 Å². The Morgan fingerprint density at radius 1 is 1.00 bits per heavy atom. The van der Waals surface area contributed by atoms with Crippen LogP contribution in [0.25, 0.3) is 0 Å². The normalized spacial score (nSPS) is 12.5. The van der Waals surface area contributed by atoms with Crippen molar-refractivity contribution in [1.29, 1.82) is 0 Å². The second-order valence-corrected chi connectivity index (χ2v) is 7.05. The number of nitrogens with zero attached hydrogens (tertiary/aromatic N) is 2. The molecule has 8 heteroatoms. The Labute approximate surface area is 180 Å². The van der Waals surface area contributed by atoms with E-state index in [0.29, 0.717) is 28.0 Å². The minimum Gasteiger partial charge on any atom is -0.464 e. The number of halogens is 2. The van der Waals surface area contributed by atoms with Crippen LogP contribution in [0.4, 0.5) is 8.78 Å². The molecule has 0 aromatic heterocycles. The summed E-state index contributed by atoms with van der Waals surface area (Å²) in [5.41, 5.74) is 2.94. The maximum atomic E-state index is 14.1. The molecule has 0 fully saturated rings. The van der Waals surface area contributed by atoms with Gasteiger partial charge < -0.3 is 14.4 Å². The van der Waals surface area contributed by atoms with Crippen molar-refractivity contribution in [3.05, 3.63) is 69.8 Å². The third kappa shape index (κ3) is 5.65. The number of hydrogen-bond donors (Lipinski definition) is 0. The smallest absolute Gasteiger partial charge is 0.360 e. The summed E-state index contributed by atoms with van der Waals surface area (Å²) >= 11 is 0. The van der Waals surface area contributed by atoms with Gasteiger partial charge in [-0.15, -0.1) is 0 Å². The highest BCUT2D eigenvalue weighted by Gasteiger charge is 2.30. The van der Waals surface area contributed by atoms with E-state index in [2.05, 4.69) is 10.3 Å². The lowest BCUT2D eigenvalue weighted by Crippen LogP contribution is -2.20. The van der Waals surface area contributed by atoms with Gasteiger partial charge in [-0.3, -0.25) is 0 Å². The van der Waals surface area contributed by atoms with Gasteiger partial charge in [-0.2, -0.15) is 0 Å². The molecule has 31 heavy (non-hydrogen) atoms. The Morgan fingerprint density at radius 2 is 1.61 bits per heavy atom. The lowest BCUT2D eigenvalue weighted by molar-refractivity contribution is -0.132. The van der Waals surface area contributed by atoms with Crippen molar-refractivity contribution >= 4 is 17.4 Å². The average Bonchev–Trinajstić information content (AvgIpc) is 2.71. The maximum absolute atomic E-state index is 14.1. The first kappa shape index (κ1) is 24.0. The molecule has 2 aromatic carbocycles. The summed E-state index contributed by atoms with van der Waals surface area (Å²) in [4.78, 5) is 22.4. The van der Waals surface area contributed by atoms with Crippen molar-refractivity contribution in [3.63, 3.8) is 0 Å². The molecule has 6 nitrogen and oxygen atoms in total. The van der Waals surface area contributed by atoms with E-state index in [1.165, 1.54) is 14.2 Å². The number of aryl methyl sites for hydroxylation is 2. The van der Waals surface area contributed by atoms with E-state index < -0.39 is 11.9 Å². The second kappa shape index (κ2) is 10.1. The first-order valence-corrected chi connectivity index (χ1v) is 9.55. The quantitative estimate of drug-likeness (QED) is 0.339. The maximum Gasteiger partial charge on any atom is 0.360 e. The highest BCUT2D eigenvalue weighted by molar-refractivity contribution is 6.43. The van der Waals surface area contributed by atoms with E-state index in [9.17, 15) is 13.6 Å². The molecule has 0 saturated heterocycles. The van der Waals surface area contributed by atoms with Crippen LogP contribution in [0, 0.1) is 13.8 Å². The number of esters is 1. The highest BCUT2D eigenvalue weighted by Crippen LogP contribution is 2.33. The van der Waals surface area contributed by atoms with Crippen molar-refractivity contribution < 1.29 is 28.0 Å². The standard InChI is InChI=1S/C23H26F2N2O4/c1-14-9-7-12-18(21(27-30-6)22(28)29-5)19(14)13-31-26-16(3)17-11-8-10-15(2)20(17)23(4,24)25/h7-12H,13H2,1-6H3/b26-16+,27-21+. The largest absolute Gasteiger partial charge is 0.464 e. The molecule has 0 aliphatic rings. The number of rotatable bonds is 8. The van der Waals surface area contributed by atoms with Gasteiger partial charge in [0, 0.05) is 29.2 Å². The van der Waals surface area contributed by atoms with Crippen molar-refractivity contribution in [1.82, 2.24) is 0 Å². The first-order chi connectivity index (χ1) is 14.6. The van der Waals surface area contributed by atoms with Crippen LogP contribution < -0.4 is 0 Å². The minimum atomic E-state index is -3.02. The predicted molar refractivity (Wildman–Crippen MR) is 114 cm³/mol.